The van der Waals surface area contributed by atoms with Gasteiger partial charge in [-0.2, -0.15) is 0 Å². The van der Waals surface area contributed by atoms with Crippen molar-refractivity contribution in [1.82, 2.24) is 4.90 Å². The summed E-state index contributed by atoms with van der Waals surface area (Å²) in [6.45, 7) is 2.83. The molecule has 0 spiro atoms. The van der Waals surface area contributed by atoms with E-state index >= 15 is 0 Å². The first kappa shape index (κ1) is 16.8. The molecule has 1 saturated carbocycles. The number of fused-ring (bicyclic) bond motifs is 3. The number of hydrogen-bond acceptors (Lipinski definition) is 3. The molecule has 3 heteroatoms. The Balaban J connectivity index is 1.38. The van der Waals surface area contributed by atoms with Gasteiger partial charge in [-0.1, -0.05) is 48.5 Å². The van der Waals surface area contributed by atoms with Crippen LogP contribution in [0.15, 0.2) is 66.7 Å². The number of anilines is 1. The molecule has 3 aromatic rings. The standard InChI is InChI=1S/C24H26N2O/c25-23-7-3-6-20(13-23)24(27)21-10-11-22(24)16-26(15-21)14-17-8-9-18-4-1-2-5-19(18)12-17/h1-9,12-13,21-22,27H,10-11,14-16,25H2. The second-order valence-electron chi connectivity index (χ2n) is 8.30. The summed E-state index contributed by atoms with van der Waals surface area (Å²) in [6, 6.07) is 23.1. The van der Waals surface area contributed by atoms with Gasteiger partial charge < -0.3 is 10.8 Å². The number of aliphatic hydroxyl groups is 1. The van der Waals surface area contributed by atoms with E-state index in [1.54, 1.807) is 0 Å². The third kappa shape index (κ3) is 2.82. The van der Waals surface area contributed by atoms with E-state index in [1.807, 2.05) is 24.3 Å². The average Bonchev–Trinajstić information content (AvgIpc) is 2.85. The zero-order chi connectivity index (χ0) is 18.4. The number of piperidine rings is 1. The minimum atomic E-state index is -0.727. The van der Waals surface area contributed by atoms with Gasteiger partial charge in [0.1, 0.15) is 0 Å². The number of nitrogen functional groups attached to an aromatic ring is 1. The van der Waals surface area contributed by atoms with Crippen molar-refractivity contribution >= 4 is 16.5 Å². The predicted molar refractivity (Wildman–Crippen MR) is 110 cm³/mol. The number of benzene rings is 3. The van der Waals surface area contributed by atoms with E-state index in [4.69, 9.17) is 5.73 Å². The molecule has 27 heavy (non-hydrogen) atoms. The van der Waals surface area contributed by atoms with Crippen LogP contribution >= 0.6 is 0 Å². The molecule has 1 heterocycles. The van der Waals surface area contributed by atoms with Gasteiger partial charge in [-0.15, -0.1) is 0 Å². The monoisotopic (exact) mass is 358 g/mol. The van der Waals surface area contributed by atoms with Crippen LogP contribution in [0, 0.1) is 11.8 Å². The molecule has 3 aromatic carbocycles. The van der Waals surface area contributed by atoms with Gasteiger partial charge in [0.05, 0.1) is 5.60 Å². The van der Waals surface area contributed by atoms with Crippen LogP contribution in [0.25, 0.3) is 10.8 Å². The van der Waals surface area contributed by atoms with Gasteiger partial charge in [-0.05, 0) is 52.9 Å². The Morgan fingerprint density at radius 2 is 1.63 bits per heavy atom. The summed E-state index contributed by atoms with van der Waals surface area (Å²) in [4.78, 5) is 2.52. The highest BCUT2D eigenvalue weighted by Crippen LogP contribution is 2.51. The topological polar surface area (TPSA) is 49.5 Å². The molecule has 0 aromatic heterocycles. The highest BCUT2D eigenvalue weighted by molar-refractivity contribution is 5.82. The fourth-order valence-corrected chi connectivity index (χ4v) is 5.32. The zero-order valence-electron chi connectivity index (χ0n) is 15.5. The molecule has 1 aliphatic heterocycles. The van der Waals surface area contributed by atoms with E-state index in [2.05, 4.69) is 47.4 Å². The molecule has 0 radical (unpaired) electrons. The minimum absolute atomic E-state index is 0.276. The maximum absolute atomic E-state index is 11.6. The molecular weight excluding hydrogens is 332 g/mol. The molecular formula is C24H26N2O. The normalized spacial score (nSPS) is 27.9. The molecule has 3 N–H and O–H groups in total. The summed E-state index contributed by atoms with van der Waals surface area (Å²) in [6.07, 6.45) is 2.17. The van der Waals surface area contributed by atoms with Gasteiger partial charge >= 0.3 is 0 Å². The van der Waals surface area contributed by atoms with Crippen LogP contribution in [0.3, 0.4) is 0 Å². The summed E-state index contributed by atoms with van der Waals surface area (Å²) < 4.78 is 0. The maximum Gasteiger partial charge on any atom is 0.0977 e. The Labute approximate surface area is 160 Å². The Bertz CT molecular complexity index is 969. The van der Waals surface area contributed by atoms with Crippen LogP contribution < -0.4 is 5.73 Å². The van der Waals surface area contributed by atoms with Gasteiger partial charge in [0.2, 0.25) is 0 Å². The fraction of sp³-hybridized carbons (Fsp3) is 0.333. The molecule has 5 rings (SSSR count). The lowest BCUT2D eigenvalue weighted by Gasteiger charge is -2.45. The van der Waals surface area contributed by atoms with Crippen LogP contribution in [0.1, 0.15) is 24.0 Å². The summed E-state index contributed by atoms with van der Waals surface area (Å²) in [7, 11) is 0. The van der Waals surface area contributed by atoms with E-state index in [0.29, 0.717) is 0 Å². The summed E-state index contributed by atoms with van der Waals surface area (Å²) in [5, 5.41) is 14.2. The maximum atomic E-state index is 11.6. The molecule has 2 unspecified atom stereocenters. The van der Waals surface area contributed by atoms with E-state index in [9.17, 15) is 5.11 Å². The van der Waals surface area contributed by atoms with Crippen LogP contribution in [0.4, 0.5) is 5.69 Å². The van der Waals surface area contributed by atoms with Crippen molar-refractivity contribution in [2.75, 3.05) is 18.8 Å². The number of likely N-dealkylation sites (tertiary alicyclic amines) is 1. The summed E-state index contributed by atoms with van der Waals surface area (Å²) in [5.74, 6) is 0.553. The average molecular weight is 358 g/mol. The van der Waals surface area contributed by atoms with Gasteiger partial charge in [0.25, 0.3) is 0 Å². The Hall–Kier alpha value is -2.36. The highest BCUT2D eigenvalue weighted by atomic mass is 16.3. The first-order valence-electron chi connectivity index (χ1n) is 9.91. The largest absolute Gasteiger partial charge is 0.399 e. The van der Waals surface area contributed by atoms with Crippen LogP contribution in [0.2, 0.25) is 0 Å². The Kier molecular flexibility index (Phi) is 3.96. The van der Waals surface area contributed by atoms with Gasteiger partial charge in [-0.3, -0.25) is 4.90 Å². The smallest absolute Gasteiger partial charge is 0.0977 e. The van der Waals surface area contributed by atoms with Gasteiger partial charge in [0.15, 0.2) is 0 Å². The SMILES string of the molecule is Nc1cccc(C2(O)C3CCC2CN(Cc2ccc4ccccc4c2)C3)c1. The number of rotatable bonds is 3. The molecule has 2 fully saturated rings. The van der Waals surface area contributed by atoms with Crippen molar-refractivity contribution in [3.05, 3.63) is 77.9 Å². The van der Waals surface area contributed by atoms with E-state index in [-0.39, 0.29) is 11.8 Å². The molecule has 2 atom stereocenters. The lowest BCUT2D eigenvalue weighted by molar-refractivity contribution is -0.0914. The fourth-order valence-electron chi connectivity index (χ4n) is 5.32. The molecule has 2 bridgehead atoms. The highest BCUT2D eigenvalue weighted by Gasteiger charge is 2.53. The van der Waals surface area contributed by atoms with Crippen LogP contribution in [0.5, 0.6) is 0 Å². The lowest BCUT2D eigenvalue weighted by Crippen LogP contribution is -2.51. The Morgan fingerprint density at radius 3 is 2.37 bits per heavy atom. The van der Waals surface area contributed by atoms with Gasteiger partial charge in [-0.25, -0.2) is 0 Å². The lowest BCUT2D eigenvalue weighted by atomic mass is 9.75. The second-order valence-corrected chi connectivity index (χ2v) is 8.30. The molecule has 0 amide bonds. The molecule has 2 aliphatic rings. The zero-order valence-corrected chi connectivity index (χ0v) is 15.5. The molecule has 1 saturated heterocycles. The van der Waals surface area contributed by atoms with E-state index < -0.39 is 5.60 Å². The van der Waals surface area contributed by atoms with E-state index in [0.717, 1.165) is 43.7 Å². The second kappa shape index (κ2) is 6.36. The third-order valence-electron chi connectivity index (χ3n) is 6.63. The van der Waals surface area contributed by atoms with Gasteiger partial charge in [0, 0.05) is 37.2 Å². The molecule has 3 nitrogen and oxygen atoms in total. The number of nitrogens with two attached hydrogens (primary N) is 1. The predicted octanol–water partition coefficient (Wildman–Crippen LogP) is 4.15. The summed E-state index contributed by atoms with van der Waals surface area (Å²) in [5.41, 5.74) is 8.35. The number of nitrogens with zero attached hydrogens (tertiary/aromatic N) is 1. The van der Waals surface area contributed by atoms with E-state index in [1.165, 1.54) is 16.3 Å². The first-order chi connectivity index (χ1) is 13.1. The van der Waals surface area contributed by atoms with Crippen molar-refractivity contribution in [1.29, 1.82) is 0 Å². The number of hydrogen-bond donors (Lipinski definition) is 2. The Morgan fingerprint density at radius 1 is 0.889 bits per heavy atom. The van der Waals surface area contributed by atoms with Crippen molar-refractivity contribution in [2.24, 2.45) is 11.8 Å². The van der Waals surface area contributed by atoms with Crippen molar-refractivity contribution < 1.29 is 5.11 Å². The molecule has 138 valence electrons. The minimum Gasteiger partial charge on any atom is -0.399 e. The third-order valence-corrected chi connectivity index (χ3v) is 6.63. The van der Waals surface area contributed by atoms with Crippen LogP contribution in [-0.4, -0.2) is 23.1 Å². The summed E-state index contributed by atoms with van der Waals surface area (Å²) >= 11 is 0. The quantitative estimate of drug-likeness (QED) is 0.692. The van der Waals surface area contributed by atoms with Crippen molar-refractivity contribution in [3.8, 4) is 0 Å². The van der Waals surface area contributed by atoms with Crippen molar-refractivity contribution in [3.63, 3.8) is 0 Å². The first-order valence-corrected chi connectivity index (χ1v) is 9.91. The molecule has 1 aliphatic carbocycles. The van der Waals surface area contributed by atoms with Crippen LogP contribution in [-0.2, 0) is 12.1 Å². The van der Waals surface area contributed by atoms with Crippen molar-refractivity contribution in [2.45, 2.75) is 25.0 Å².